The highest BCUT2D eigenvalue weighted by atomic mass is 32.1. The first-order valence-corrected chi connectivity index (χ1v) is 7.54. The van der Waals surface area contributed by atoms with E-state index in [2.05, 4.69) is 17.1 Å². The molecule has 2 aliphatic rings. The molecule has 20 heavy (non-hydrogen) atoms. The lowest BCUT2D eigenvalue weighted by molar-refractivity contribution is 0.174. The minimum atomic E-state index is 0.316. The van der Waals surface area contributed by atoms with Crippen molar-refractivity contribution in [1.82, 2.24) is 10.2 Å². The predicted octanol–water partition coefficient (Wildman–Crippen LogP) is 2.52. The third-order valence-corrected chi connectivity index (χ3v) is 4.23. The first kappa shape index (κ1) is 13.5. The third kappa shape index (κ3) is 2.98. The summed E-state index contributed by atoms with van der Waals surface area (Å²) in [5.74, 6) is 2.37. The molecule has 1 fully saturated rings. The van der Waals surface area contributed by atoms with Crippen LogP contribution in [0.4, 0.5) is 0 Å². The largest absolute Gasteiger partial charge is 0.454 e. The van der Waals surface area contributed by atoms with Gasteiger partial charge in [-0.2, -0.15) is 0 Å². The van der Waals surface area contributed by atoms with Crippen LogP contribution < -0.4 is 14.8 Å². The Labute approximate surface area is 125 Å². The molecule has 1 aromatic carbocycles. The van der Waals surface area contributed by atoms with E-state index in [1.165, 1.54) is 12.8 Å². The van der Waals surface area contributed by atoms with Crippen LogP contribution in [0.3, 0.4) is 0 Å². The van der Waals surface area contributed by atoms with Gasteiger partial charge in [-0.25, -0.2) is 0 Å². The van der Waals surface area contributed by atoms with E-state index in [4.69, 9.17) is 21.7 Å². The Morgan fingerprint density at radius 1 is 1.40 bits per heavy atom. The standard InChI is InChI=1S/C15H20N2O2S/c1-11-3-2-6-17(9-11)15(20)16-8-12-4-5-13-14(7-12)19-10-18-13/h4-5,7,11H,2-3,6,8-10H2,1H3,(H,16,20)/t11-/m0/s1. The van der Waals surface area contributed by atoms with Crippen molar-refractivity contribution in [3.05, 3.63) is 23.8 Å². The van der Waals surface area contributed by atoms with E-state index in [-0.39, 0.29) is 0 Å². The first-order chi connectivity index (χ1) is 9.72. The molecule has 0 bridgehead atoms. The van der Waals surface area contributed by atoms with Crippen LogP contribution in [-0.4, -0.2) is 29.9 Å². The minimum absolute atomic E-state index is 0.316. The normalized spacial score (nSPS) is 20.9. The minimum Gasteiger partial charge on any atom is -0.454 e. The van der Waals surface area contributed by atoms with Gasteiger partial charge in [0.25, 0.3) is 0 Å². The van der Waals surface area contributed by atoms with Crippen LogP contribution in [0.1, 0.15) is 25.3 Å². The number of ether oxygens (including phenoxy) is 2. The average Bonchev–Trinajstić information content (AvgIpc) is 2.92. The van der Waals surface area contributed by atoms with E-state index >= 15 is 0 Å². The zero-order chi connectivity index (χ0) is 13.9. The zero-order valence-electron chi connectivity index (χ0n) is 11.7. The summed E-state index contributed by atoms with van der Waals surface area (Å²) in [4.78, 5) is 2.27. The molecule has 5 heteroatoms. The zero-order valence-corrected chi connectivity index (χ0v) is 12.5. The average molecular weight is 292 g/mol. The molecule has 0 unspecified atom stereocenters. The van der Waals surface area contributed by atoms with Crippen molar-refractivity contribution in [2.24, 2.45) is 5.92 Å². The van der Waals surface area contributed by atoms with Gasteiger partial charge in [-0.1, -0.05) is 13.0 Å². The van der Waals surface area contributed by atoms with Gasteiger partial charge in [0.05, 0.1) is 0 Å². The second-order valence-corrected chi connectivity index (χ2v) is 5.93. The Morgan fingerprint density at radius 3 is 3.10 bits per heavy atom. The maximum Gasteiger partial charge on any atom is 0.231 e. The number of likely N-dealkylation sites (tertiary alicyclic amines) is 1. The first-order valence-electron chi connectivity index (χ1n) is 7.13. The number of rotatable bonds is 2. The number of piperidine rings is 1. The van der Waals surface area contributed by atoms with Crippen LogP contribution >= 0.6 is 12.2 Å². The van der Waals surface area contributed by atoms with Gasteiger partial charge in [0.1, 0.15) is 0 Å². The maximum absolute atomic E-state index is 5.48. The van der Waals surface area contributed by atoms with E-state index in [0.717, 1.165) is 47.7 Å². The molecule has 0 aromatic heterocycles. The van der Waals surface area contributed by atoms with E-state index in [0.29, 0.717) is 6.79 Å². The molecule has 0 spiro atoms. The number of hydrogen-bond acceptors (Lipinski definition) is 3. The lowest BCUT2D eigenvalue weighted by atomic mass is 10.0. The van der Waals surface area contributed by atoms with Gasteiger partial charge in [0, 0.05) is 19.6 Å². The Kier molecular flexibility index (Phi) is 3.96. The third-order valence-electron chi connectivity index (χ3n) is 3.82. The molecule has 2 heterocycles. The van der Waals surface area contributed by atoms with Crippen molar-refractivity contribution in [3.63, 3.8) is 0 Å². The Morgan fingerprint density at radius 2 is 2.25 bits per heavy atom. The van der Waals surface area contributed by atoms with Crippen molar-refractivity contribution < 1.29 is 9.47 Å². The molecule has 0 aliphatic carbocycles. The van der Waals surface area contributed by atoms with Gasteiger partial charge >= 0.3 is 0 Å². The molecular weight excluding hydrogens is 272 g/mol. The van der Waals surface area contributed by atoms with Crippen molar-refractivity contribution in [3.8, 4) is 11.5 Å². The summed E-state index contributed by atoms with van der Waals surface area (Å²) in [5.41, 5.74) is 1.15. The fourth-order valence-electron chi connectivity index (χ4n) is 2.71. The smallest absolute Gasteiger partial charge is 0.231 e. The summed E-state index contributed by atoms with van der Waals surface area (Å²) in [6.45, 7) is 5.45. The van der Waals surface area contributed by atoms with E-state index in [1.54, 1.807) is 0 Å². The number of fused-ring (bicyclic) bond motifs is 1. The summed E-state index contributed by atoms with van der Waals surface area (Å²) >= 11 is 5.48. The molecular formula is C15H20N2O2S. The highest BCUT2D eigenvalue weighted by Gasteiger charge is 2.18. The maximum atomic E-state index is 5.48. The highest BCUT2D eigenvalue weighted by Crippen LogP contribution is 2.32. The second kappa shape index (κ2) is 5.87. The topological polar surface area (TPSA) is 33.7 Å². The fraction of sp³-hybridized carbons (Fsp3) is 0.533. The molecule has 1 aromatic rings. The SMILES string of the molecule is C[C@H]1CCCN(C(=S)NCc2ccc3c(c2)OCO3)C1. The van der Waals surface area contributed by atoms with E-state index in [1.807, 2.05) is 18.2 Å². The number of hydrogen-bond donors (Lipinski definition) is 1. The Bertz CT molecular complexity index is 507. The molecule has 1 N–H and O–H groups in total. The lowest BCUT2D eigenvalue weighted by Crippen LogP contribution is -2.44. The lowest BCUT2D eigenvalue weighted by Gasteiger charge is -2.33. The predicted molar refractivity (Wildman–Crippen MR) is 82.0 cm³/mol. The van der Waals surface area contributed by atoms with Crippen molar-refractivity contribution in [2.45, 2.75) is 26.3 Å². The quantitative estimate of drug-likeness (QED) is 0.847. The number of nitrogens with zero attached hydrogens (tertiary/aromatic N) is 1. The van der Waals surface area contributed by atoms with Crippen molar-refractivity contribution in [2.75, 3.05) is 19.9 Å². The van der Waals surface area contributed by atoms with Gasteiger partial charge in [0.2, 0.25) is 6.79 Å². The highest BCUT2D eigenvalue weighted by molar-refractivity contribution is 7.80. The number of nitrogens with one attached hydrogen (secondary N) is 1. The molecule has 108 valence electrons. The monoisotopic (exact) mass is 292 g/mol. The van der Waals surface area contributed by atoms with Crippen LogP contribution in [0.25, 0.3) is 0 Å². The van der Waals surface area contributed by atoms with Crippen LogP contribution in [0, 0.1) is 5.92 Å². The molecule has 0 radical (unpaired) electrons. The van der Waals surface area contributed by atoms with Crippen LogP contribution in [0.5, 0.6) is 11.5 Å². The van der Waals surface area contributed by atoms with Crippen molar-refractivity contribution in [1.29, 1.82) is 0 Å². The molecule has 0 saturated carbocycles. The van der Waals surface area contributed by atoms with E-state index in [9.17, 15) is 0 Å². The summed E-state index contributed by atoms with van der Waals surface area (Å²) in [5, 5.41) is 4.20. The van der Waals surface area contributed by atoms with Gasteiger partial charge in [-0.3, -0.25) is 0 Å². The summed E-state index contributed by atoms with van der Waals surface area (Å²) < 4.78 is 10.7. The van der Waals surface area contributed by atoms with Crippen LogP contribution in [0.15, 0.2) is 18.2 Å². The number of thiocarbonyl (C=S) groups is 1. The molecule has 3 rings (SSSR count). The van der Waals surface area contributed by atoms with Crippen molar-refractivity contribution >= 4 is 17.3 Å². The van der Waals surface area contributed by atoms with Gasteiger partial charge in [0.15, 0.2) is 16.6 Å². The Balaban J connectivity index is 1.55. The van der Waals surface area contributed by atoms with Crippen LogP contribution in [-0.2, 0) is 6.54 Å². The van der Waals surface area contributed by atoms with Gasteiger partial charge in [-0.15, -0.1) is 0 Å². The van der Waals surface area contributed by atoms with Gasteiger partial charge < -0.3 is 19.7 Å². The molecule has 4 nitrogen and oxygen atoms in total. The second-order valence-electron chi connectivity index (χ2n) is 5.54. The molecule has 1 atom stereocenters. The fourth-order valence-corrected chi connectivity index (χ4v) is 2.95. The summed E-state index contributed by atoms with van der Waals surface area (Å²) in [6.07, 6.45) is 2.54. The van der Waals surface area contributed by atoms with Gasteiger partial charge in [-0.05, 0) is 48.7 Å². The van der Waals surface area contributed by atoms with E-state index < -0.39 is 0 Å². The molecule has 2 aliphatic heterocycles. The Hall–Kier alpha value is -1.49. The molecule has 1 saturated heterocycles. The number of benzene rings is 1. The van der Waals surface area contributed by atoms with Crippen LogP contribution in [0.2, 0.25) is 0 Å². The summed E-state index contributed by atoms with van der Waals surface area (Å²) in [6, 6.07) is 6.00. The summed E-state index contributed by atoms with van der Waals surface area (Å²) in [7, 11) is 0. The molecule has 0 amide bonds.